The molecule has 6 aromatic rings. The predicted octanol–water partition coefficient (Wildman–Crippen LogP) is 7.35. The fraction of sp³-hybridized carbons (Fsp3) is 0.217. The Morgan fingerprint density at radius 2 is 0.918 bits per heavy atom. The van der Waals surface area contributed by atoms with E-state index in [4.69, 9.17) is 0 Å². The fourth-order valence-corrected chi connectivity index (χ4v) is 27.8. The Morgan fingerprint density at radius 3 is 1.31 bits per heavy atom. The molecule has 1 saturated heterocycles. The van der Waals surface area contributed by atoms with Gasteiger partial charge in [-0.15, -0.1) is 0 Å². The van der Waals surface area contributed by atoms with Gasteiger partial charge in [-0.25, -0.2) is 0 Å². The summed E-state index contributed by atoms with van der Waals surface area (Å²) >= 11 is -2.82. The van der Waals surface area contributed by atoms with Crippen LogP contribution in [0, 0.1) is 13.8 Å². The molecule has 2 aliphatic carbocycles. The van der Waals surface area contributed by atoms with Gasteiger partial charge in [0.1, 0.15) is 0 Å². The van der Waals surface area contributed by atoms with Crippen LogP contribution in [0.1, 0.15) is 67.3 Å². The number of rotatable bonds is 6. The van der Waals surface area contributed by atoms with Crippen molar-refractivity contribution in [2.24, 2.45) is 0 Å². The zero-order valence-electron chi connectivity index (χ0n) is 28.8. The molecule has 1 aliphatic heterocycles. The van der Waals surface area contributed by atoms with Crippen molar-refractivity contribution in [2.45, 2.75) is 56.0 Å². The van der Waals surface area contributed by atoms with E-state index in [0.29, 0.717) is 7.25 Å². The molecule has 0 spiro atoms. The molecule has 3 aliphatic rings. The first-order chi connectivity index (χ1) is 23.0. The van der Waals surface area contributed by atoms with E-state index in [9.17, 15) is 0 Å². The third-order valence-electron chi connectivity index (χ3n) is 11.9. The molecule has 0 radical (unpaired) electrons. The minimum atomic E-state index is -2.82. The van der Waals surface area contributed by atoms with E-state index in [0.717, 1.165) is 12.8 Å². The van der Waals surface area contributed by atoms with Crippen LogP contribution in [0.25, 0.3) is 56.0 Å². The summed E-state index contributed by atoms with van der Waals surface area (Å²) in [5, 5.41) is 5.27. The standard InChI is InChI=1S/2C22H19.C2H4.2ClH.Zr/c2*1-3-16-12-21-15(2)8-11-20(22(21)13-16)19-10-9-17-6-4-5-7-18(17)14-19;1-2;;;/h2*4-14H,3H2,1-2H3;1-2H2;2*1H;/q;;;;;+2/p-2. The second-order valence-corrected chi connectivity index (χ2v) is 25.7. The second-order valence-electron chi connectivity index (χ2n) is 14.4. The van der Waals surface area contributed by atoms with Crippen molar-refractivity contribution in [3.63, 3.8) is 0 Å². The van der Waals surface area contributed by atoms with Crippen molar-refractivity contribution in [1.82, 2.24) is 0 Å². The molecule has 49 heavy (non-hydrogen) atoms. The van der Waals surface area contributed by atoms with Gasteiger partial charge in [0.25, 0.3) is 0 Å². The smallest absolute Gasteiger partial charge is 1.00 e. The van der Waals surface area contributed by atoms with E-state index in [-0.39, 0.29) is 24.8 Å². The third-order valence-corrected chi connectivity index (χ3v) is 24.9. The van der Waals surface area contributed by atoms with Crippen molar-refractivity contribution in [2.75, 3.05) is 0 Å². The summed E-state index contributed by atoms with van der Waals surface area (Å²) in [4.78, 5) is 0. The van der Waals surface area contributed by atoms with Crippen LogP contribution in [0.15, 0.2) is 120 Å². The molecule has 0 aromatic heterocycles. The summed E-state index contributed by atoms with van der Waals surface area (Å²) in [6, 6.07) is 41.4. The van der Waals surface area contributed by atoms with Crippen LogP contribution in [0.3, 0.4) is 0 Å². The average molecular weight is 757 g/mol. The van der Waals surface area contributed by atoms with Gasteiger partial charge in [0.05, 0.1) is 0 Å². The van der Waals surface area contributed by atoms with Crippen molar-refractivity contribution in [3.8, 4) is 22.3 Å². The van der Waals surface area contributed by atoms with Crippen LogP contribution >= 0.6 is 0 Å². The summed E-state index contributed by atoms with van der Waals surface area (Å²) < 4.78 is 4.33. The molecule has 244 valence electrons. The summed E-state index contributed by atoms with van der Waals surface area (Å²) in [6.45, 7) is 9.62. The van der Waals surface area contributed by atoms with Gasteiger partial charge in [-0.1, -0.05) is 0 Å². The molecule has 0 N–H and O–H groups in total. The maximum atomic E-state index is 2.65. The molecule has 9 rings (SSSR count). The molecule has 1 fully saturated rings. The van der Waals surface area contributed by atoms with Crippen LogP contribution in [0.2, 0.25) is 8.26 Å². The van der Waals surface area contributed by atoms with Crippen LogP contribution < -0.4 is 24.8 Å². The van der Waals surface area contributed by atoms with Crippen LogP contribution in [-0.2, 0) is 20.3 Å². The minimum absolute atomic E-state index is 0. The summed E-state index contributed by atoms with van der Waals surface area (Å²) in [5.74, 6) is 0. The molecule has 1 heterocycles. The molecule has 0 saturated carbocycles. The van der Waals surface area contributed by atoms with Gasteiger partial charge in [0.2, 0.25) is 0 Å². The molecule has 3 heteroatoms. The second kappa shape index (κ2) is 13.2. The Kier molecular flexibility index (Phi) is 9.19. The molecule has 0 bridgehead atoms. The van der Waals surface area contributed by atoms with Gasteiger partial charge < -0.3 is 24.8 Å². The van der Waals surface area contributed by atoms with Gasteiger partial charge >= 0.3 is 286 Å². The molecular formula is C46H42Cl2Zr. The zero-order valence-corrected chi connectivity index (χ0v) is 32.8. The Bertz CT molecular complexity index is 2160. The van der Waals surface area contributed by atoms with Crippen molar-refractivity contribution < 1.29 is 45.1 Å². The van der Waals surface area contributed by atoms with E-state index in [1.54, 1.807) is 22.3 Å². The Balaban J connectivity index is 0.00000189. The van der Waals surface area contributed by atoms with E-state index in [1.807, 2.05) is 0 Å². The number of hydrogen-bond donors (Lipinski definition) is 0. The number of fused-ring (bicyclic) bond motifs is 4. The Morgan fingerprint density at radius 1 is 0.510 bits per heavy atom. The first kappa shape index (κ1) is 34.2. The molecule has 2 unspecified atom stereocenters. The van der Waals surface area contributed by atoms with Gasteiger partial charge in [0, 0.05) is 0 Å². The quantitative estimate of drug-likeness (QED) is 0.167. The first-order valence-corrected chi connectivity index (χ1v) is 24.0. The van der Waals surface area contributed by atoms with Gasteiger partial charge in [-0.3, -0.25) is 0 Å². The van der Waals surface area contributed by atoms with E-state index >= 15 is 0 Å². The van der Waals surface area contributed by atoms with Crippen molar-refractivity contribution in [3.05, 3.63) is 154 Å². The molecule has 0 amide bonds. The molecule has 0 nitrogen and oxygen atoms in total. The Labute approximate surface area is 308 Å². The monoisotopic (exact) mass is 754 g/mol. The average Bonchev–Trinajstić information content (AvgIpc) is 3.63. The van der Waals surface area contributed by atoms with Gasteiger partial charge in [-0.2, -0.15) is 0 Å². The largest absolute Gasteiger partial charge is 1.00 e. The van der Waals surface area contributed by atoms with E-state index < -0.39 is 20.3 Å². The molecular weight excluding hydrogens is 715 g/mol. The summed E-state index contributed by atoms with van der Waals surface area (Å²) in [5.41, 5.74) is 18.4. The van der Waals surface area contributed by atoms with Crippen LogP contribution in [0.4, 0.5) is 0 Å². The minimum Gasteiger partial charge on any atom is -1.00 e. The number of aryl methyl sites for hydroxylation is 2. The maximum Gasteiger partial charge on any atom is -1.00 e. The van der Waals surface area contributed by atoms with Crippen LogP contribution in [-0.4, -0.2) is 0 Å². The fourth-order valence-electron chi connectivity index (χ4n) is 9.51. The van der Waals surface area contributed by atoms with E-state index in [2.05, 4.69) is 149 Å². The predicted molar refractivity (Wildman–Crippen MR) is 200 cm³/mol. The van der Waals surface area contributed by atoms with Gasteiger partial charge in [-0.05, 0) is 0 Å². The molecule has 6 aromatic carbocycles. The van der Waals surface area contributed by atoms with E-state index in [1.165, 1.54) is 74.3 Å². The third kappa shape index (κ3) is 5.35. The molecule has 2 atom stereocenters. The normalized spacial score (nSPS) is 17.6. The number of allylic oxidation sites excluding steroid dienone is 2. The maximum absolute atomic E-state index is 2.82. The number of halogens is 2. The number of hydrogen-bond acceptors (Lipinski definition) is 0. The SMILES string of the molecule is CCC1=Cc2c(-c3ccc4ccccc4c3)ccc(C)c2[CH]1[Zr+2]1([CH]2C(CC)=Cc3c(-c4ccc5ccccc5c4)ccc(C)c32)[CH2][CH2]1.[Cl-].[Cl-]. The van der Waals surface area contributed by atoms with Crippen LogP contribution in [0.5, 0.6) is 0 Å². The number of benzene rings is 6. The van der Waals surface area contributed by atoms with Crippen molar-refractivity contribution >= 4 is 33.7 Å². The van der Waals surface area contributed by atoms with Gasteiger partial charge in [0.15, 0.2) is 0 Å². The Hall–Kier alpha value is -3.22. The van der Waals surface area contributed by atoms with Crippen molar-refractivity contribution in [1.29, 1.82) is 0 Å². The summed E-state index contributed by atoms with van der Waals surface area (Å²) in [7, 11) is 0. The first-order valence-electron chi connectivity index (χ1n) is 17.7. The summed E-state index contributed by atoms with van der Waals surface area (Å²) in [6.07, 6.45) is 7.60. The zero-order chi connectivity index (χ0) is 31.9. The topological polar surface area (TPSA) is 0 Å².